The van der Waals surface area contributed by atoms with Crippen molar-refractivity contribution in [2.24, 2.45) is 17.8 Å². The van der Waals surface area contributed by atoms with E-state index in [9.17, 15) is 0 Å². The largest absolute Gasteiger partial charge is 0.0996 e. The van der Waals surface area contributed by atoms with E-state index in [-0.39, 0.29) is 0 Å². The molecule has 0 aliphatic heterocycles. The van der Waals surface area contributed by atoms with Gasteiger partial charge in [-0.2, -0.15) is 0 Å². The molecule has 12 heavy (non-hydrogen) atoms. The Hall–Kier alpha value is -0.260. The van der Waals surface area contributed by atoms with Crippen LogP contribution < -0.4 is 0 Å². The second kappa shape index (κ2) is 4.11. The van der Waals surface area contributed by atoms with Crippen molar-refractivity contribution >= 4 is 0 Å². The van der Waals surface area contributed by atoms with Crippen molar-refractivity contribution in [1.82, 2.24) is 0 Å². The fraction of sp³-hybridized carbons (Fsp3) is 0.833. The molecule has 70 valence electrons. The first-order valence-corrected chi connectivity index (χ1v) is 5.32. The second-order valence-corrected chi connectivity index (χ2v) is 4.53. The number of rotatable bonds is 5. The topological polar surface area (TPSA) is 0 Å². The summed E-state index contributed by atoms with van der Waals surface area (Å²) in [5, 5.41) is 0. The standard InChI is InChI=1S/C12H22/c1-5-6-9(2)10(3)7-12-8-11(12)4/h9,11-12H,3,5-8H2,1-2,4H3. The highest BCUT2D eigenvalue weighted by Crippen LogP contribution is 2.43. The molecule has 3 unspecified atom stereocenters. The van der Waals surface area contributed by atoms with E-state index in [2.05, 4.69) is 27.4 Å². The van der Waals surface area contributed by atoms with Gasteiger partial charge in [-0.05, 0) is 37.0 Å². The van der Waals surface area contributed by atoms with E-state index >= 15 is 0 Å². The summed E-state index contributed by atoms with van der Waals surface area (Å²) in [6, 6.07) is 0. The van der Waals surface area contributed by atoms with E-state index in [0.717, 1.165) is 17.8 Å². The molecule has 0 radical (unpaired) electrons. The lowest BCUT2D eigenvalue weighted by molar-refractivity contribution is 0.560. The van der Waals surface area contributed by atoms with Gasteiger partial charge in [0.1, 0.15) is 0 Å². The van der Waals surface area contributed by atoms with Crippen LogP contribution in [0, 0.1) is 17.8 Å². The summed E-state index contributed by atoms with van der Waals surface area (Å²) in [5.74, 6) is 2.72. The third-order valence-electron chi connectivity index (χ3n) is 3.22. The predicted octanol–water partition coefficient (Wildman–Crippen LogP) is 4.02. The van der Waals surface area contributed by atoms with E-state index in [1.54, 1.807) is 0 Å². The normalized spacial score (nSPS) is 29.9. The molecular weight excluding hydrogens is 144 g/mol. The van der Waals surface area contributed by atoms with Crippen molar-refractivity contribution < 1.29 is 0 Å². The molecular formula is C12H22. The molecule has 1 aliphatic rings. The van der Waals surface area contributed by atoms with E-state index in [1.165, 1.54) is 31.3 Å². The van der Waals surface area contributed by atoms with Gasteiger partial charge in [0, 0.05) is 0 Å². The quantitative estimate of drug-likeness (QED) is 0.541. The van der Waals surface area contributed by atoms with Gasteiger partial charge in [0.15, 0.2) is 0 Å². The van der Waals surface area contributed by atoms with Crippen LogP contribution >= 0.6 is 0 Å². The molecule has 0 heterocycles. The van der Waals surface area contributed by atoms with Crippen molar-refractivity contribution in [1.29, 1.82) is 0 Å². The monoisotopic (exact) mass is 166 g/mol. The van der Waals surface area contributed by atoms with Crippen LogP contribution in [-0.4, -0.2) is 0 Å². The summed E-state index contributed by atoms with van der Waals surface area (Å²) >= 11 is 0. The average Bonchev–Trinajstić information content (AvgIpc) is 2.67. The van der Waals surface area contributed by atoms with Crippen LogP contribution in [0.15, 0.2) is 12.2 Å². The summed E-state index contributed by atoms with van der Waals surface area (Å²) in [5.41, 5.74) is 1.49. The number of hydrogen-bond acceptors (Lipinski definition) is 0. The molecule has 0 aromatic heterocycles. The molecule has 1 aliphatic carbocycles. The van der Waals surface area contributed by atoms with E-state index in [4.69, 9.17) is 0 Å². The Morgan fingerprint density at radius 3 is 2.58 bits per heavy atom. The number of hydrogen-bond donors (Lipinski definition) is 0. The van der Waals surface area contributed by atoms with Crippen LogP contribution in [0.2, 0.25) is 0 Å². The first-order chi connectivity index (χ1) is 5.65. The minimum absolute atomic E-state index is 0.753. The molecule has 0 nitrogen and oxygen atoms in total. The average molecular weight is 166 g/mol. The van der Waals surface area contributed by atoms with Crippen LogP contribution in [0.1, 0.15) is 46.5 Å². The molecule has 1 rings (SSSR count). The van der Waals surface area contributed by atoms with Gasteiger partial charge in [0.2, 0.25) is 0 Å². The van der Waals surface area contributed by atoms with Crippen molar-refractivity contribution in [3.05, 3.63) is 12.2 Å². The Bertz CT molecular complexity index is 157. The highest BCUT2D eigenvalue weighted by Gasteiger charge is 2.32. The van der Waals surface area contributed by atoms with Gasteiger partial charge in [-0.3, -0.25) is 0 Å². The lowest BCUT2D eigenvalue weighted by Crippen LogP contribution is -1.99. The smallest absolute Gasteiger partial charge is 0.0234 e. The van der Waals surface area contributed by atoms with Crippen molar-refractivity contribution in [2.45, 2.75) is 46.5 Å². The minimum atomic E-state index is 0.753. The summed E-state index contributed by atoms with van der Waals surface area (Å²) < 4.78 is 0. The molecule has 0 bridgehead atoms. The molecule has 1 fully saturated rings. The Labute approximate surface area is 77.1 Å². The Kier molecular flexibility index (Phi) is 3.37. The molecule has 0 aromatic carbocycles. The van der Waals surface area contributed by atoms with Crippen molar-refractivity contribution in [2.75, 3.05) is 0 Å². The van der Waals surface area contributed by atoms with Crippen LogP contribution in [0.25, 0.3) is 0 Å². The van der Waals surface area contributed by atoms with Crippen LogP contribution in [-0.2, 0) is 0 Å². The number of allylic oxidation sites excluding steroid dienone is 1. The summed E-state index contributed by atoms with van der Waals surface area (Å²) in [7, 11) is 0. The molecule has 0 saturated heterocycles. The molecule has 3 atom stereocenters. The summed E-state index contributed by atoms with van der Waals surface area (Å²) in [6.07, 6.45) is 5.35. The predicted molar refractivity (Wildman–Crippen MR) is 55.1 cm³/mol. The molecule has 0 amide bonds. The fourth-order valence-electron chi connectivity index (χ4n) is 1.86. The minimum Gasteiger partial charge on any atom is -0.0996 e. The van der Waals surface area contributed by atoms with E-state index < -0.39 is 0 Å². The Morgan fingerprint density at radius 2 is 2.17 bits per heavy atom. The third kappa shape index (κ3) is 2.66. The molecule has 0 aromatic rings. The van der Waals surface area contributed by atoms with Crippen molar-refractivity contribution in [3.8, 4) is 0 Å². The summed E-state index contributed by atoms with van der Waals surface area (Å²) in [4.78, 5) is 0. The van der Waals surface area contributed by atoms with Gasteiger partial charge in [-0.1, -0.05) is 39.3 Å². The first kappa shape index (κ1) is 9.83. The summed E-state index contributed by atoms with van der Waals surface area (Å²) in [6.45, 7) is 11.1. The zero-order valence-electron chi connectivity index (χ0n) is 8.77. The van der Waals surface area contributed by atoms with Gasteiger partial charge in [-0.25, -0.2) is 0 Å². The van der Waals surface area contributed by atoms with E-state index in [1.807, 2.05) is 0 Å². The van der Waals surface area contributed by atoms with Gasteiger partial charge in [0.05, 0.1) is 0 Å². The molecule has 1 saturated carbocycles. The Morgan fingerprint density at radius 1 is 1.58 bits per heavy atom. The molecule has 0 spiro atoms. The van der Waals surface area contributed by atoms with Gasteiger partial charge >= 0.3 is 0 Å². The second-order valence-electron chi connectivity index (χ2n) is 4.53. The Balaban J connectivity index is 2.18. The van der Waals surface area contributed by atoms with Crippen LogP contribution in [0.4, 0.5) is 0 Å². The maximum absolute atomic E-state index is 4.19. The lowest BCUT2D eigenvalue weighted by Gasteiger charge is -2.13. The van der Waals surface area contributed by atoms with Crippen LogP contribution in [0.3, 0.4) is 0 Å². The third-order valence-corrected chi connectivity index (χ3v) is 3.22. The van der Waals surface area contributed by atoms with E-state index in [0.29, 0.717) is 0 Å². The zero-order chi connectivity index (χ0) is 9.14. The lowest BCUT2D eigenvalue weighted by atomic mass is 9.93. The highest BCUT2D eigenvalue weighted by atomic mass is 14.4. The highest BCUT2D eigenvalue weighted by molar-refractivity contribution is 5.04. The molecule has 0 N–H and O–H groups in total. The zero-order valence-corrected chi connectivity index (χ0v) is 8.77. The van der Waals surface area contributed by atoms with Gasteiger partial charge in [0.25, 0.3) is 0 Å². The van der Waals surface area contributed by atoms with Crippen molar-refractivity contribution in [3.63, 3.8) is 0 Å². The van der Waals surface area contributed by atoms with Gasteiger partial charge < -0.3 is 0 Å². The first-order valence-electron chi connectivity index (χ1n) is 5.32. The SMILES string of the molecule is C=C(CC1CC1C)C(C)CCC. The van der Waals surface area contributed by atoms with Gasteiger partial charge in [-0.15, -0.1) is 0 Å². The maximum atomic E-state index is 4.19. The maximum Gasteiger partial charge on any atom is -0.0234 e. The fourth-order valence-corrected chi connectivity index (χ4v) is 1.86. The van der Waals surface area contributed by atoms with Crippen LogP contribution in [0.5, 0.6) is 0 Å². The molecule has 0 heteroatoms.